The average molecular weight is 312 g/mol. The van der Waals surface area contributed by atoms with E-state index in [1.54, 1.807) is 11.3 Å². The third-order valence-electron chi connectivity index (χ3n) is 2.90. The lowest BCUT2D eigenvalue weighted by molar-refractivity contribution is -0.133. The summed E-state index contributed by atoms with van der Waals surface area (Å²) < 4.78 is 0. The predicted molar refractivity (Wildman–Crippen MR) is 79.0 cm³/mol. The van der Waals surface area contributed by atoms with Crippen molar-refractivity contribution in [3.63, 3.8) is 0 Å². The highest BCUT2D eigenvalue weighted by atomic mass is 35.5. The van der Waals surface area contributed by atoms with Gasteiger partial charge in [-0.3, -0.25) is 4.79 Å². The molecular weight excluding hydrogens is 293 g/mol. The SMILES string of the molecule is CC1CNCCN1C(=O)CCc1cscn1.Cl.Cl. The molecule has 0 bridgehead atoms. The van der Waals surface area contributed by atoms with Gasteiger partial charge in [-0.2, -0.15) is 0 Å². The van der Waals surface area contributed by atoms with E-state index in [4.69, 9.17) is 0 Å². The van der Waals surface area contributed by atoms with Crippen LogP contribution in [-0.2, 0) is 11.2 Å². The Kier molecular flexibility index (Phi) is 8.52. The van der Waals surface area contributed by atoms with Crippen LogP contribution in [0.3, 0.4) is 0 Å². The quantitative estimate of drug-likeness (QED) is 0.925. The van der Waals surface area contributed by atoms with E-state index in [1.807, 2.05) is 15.8 Å². The van der Waals surface area contributed by atoms with Crippen LogP contribution in [0.15, 0.2) is 10.9 Å². The fraction of sp³-hybridized carbons (Fsp3) is 0.636. The molecule has 1 fully saturated rings. The van der Waals surface area contributed by atoms with E-state index in [1.165, 1.54) is 0 Å². The molecule has 4 nitrogen and oxygen atoms in total. The molecule has 1 aliphatic rings. The summed E-state index contributed by atoms with van der Waals surface area (Å²) in [4.78, 5) is 18.1. The molecule has 1 aromatic heterocycles. The molecule has 2 rings (SSSR count). The molecule has 2 heterocycles. The lowest BCUT2D eigenvalue weighted by Crippen LogP contribution is -2.52. The first-order valence-electron chi connectivity index (χ1n) is 5.64. The number of thiazole rings is 1. The van der Waals surface area contributed by atoms with Gasteiger partial charge in [-0.15, -0.1) is 36.2 Å². The van der Waals surface area contributed by atoms with Crippen molar-refractivity contribution in [1.82, 2.24) is 15.2 Å². The fourth-order valence-electron chi connectivity index (χ4n) is 1.95. The summed E-state index contributed by atoms with van der Waals surface area (Å²) in [6, 6.07) is 0.316. The Bertz CT molecular complexity index is 348. The number of hydrogen-bond donors (Lipinski definition) is 1. The van der Waals surface area contributed by atoms with E-state index in [9.17, 15) is 4.79 Å². The molecular formula is C11H19Cl2N3OS. The van der Waals surface area contributed by atoms with Crippen LogP contribution < -0.4 is 5.32 Å². The maximum absolute atomic E-state index is 12.0. The number of aryl methyl sites for hydroxylation is 1. The highest BCUT2D eigenvalue weighted by Crippen LogP contribution is 2.09. The van der Waals surface area contributed by atoms with Crippen LogP contribution in [-0.4, -0.2) is 41.5 Å². The zero-order chi connectivity index (χ0) is 11.4. The topological polar surface area (TPSA) is 45.2 Å². The van der Waals surface area contributed by atoms with Crippen LogP contribution >= 0.6 is 36.2 Å². The van der Waals surface area contributed by atoms with Gasteiger partial charge < -0.3 is 10.2 Å². The molecule has 0 saturated carbocycles. The highest BCUT2D eigenvalue weighted by Gasteiger charge is 2.22. The van der Waals surface area contributed by atoms with Crippen molar-refractivity contribution in [1.29, 1.82) is 0 Å². The number of carbonyl (C=O) groups is 1. The number of nitrogens with one attached hydrogen (secondary N) is 1. The number of aromatic nitrogens is 1. The first-order valence-corrected chi connectivity index (χ1v) is 6.59. The van der Waals surface area contributed by atoms with Crippen LogP contribution in [0.1, 0.15) is 19.0 Å². The molecule has 1 N–H and O–H groups in total. The fourth-order valence-corrected chi connectivity index (χ4v) is 2.54. The summed E-state index contributed by atoms with van der Waals surface area (Å²) in [6.45, 7) is 4.74. The Hall–Kier alpha value is -0.360. The van der Waals surface area contributed by atoms with Crippen molar-refractivity contribution >= 4 is 42.1 Å². The molecule has 0 aromatic carbocycles. The summed E-state index contributed by atoms with van der Waals surface area (Å²) in [5, 5.41) is 5.29. The Morgan fingerprint density at radius 1 is 1.61 bits per heavy atom. The van der Waals surface area contributed by atoms with Crippen molar-refractivity contribution in [2.24, 2.45) is 0 Å². The number of halogens is 2. The van der Waals surface area contributed by atoms with E-state index in [0.29, 0.717) is 12.5 Å². The Morgan fingerprint density at radius 2 is 2.39 bits per heavy atom. The normalized spacial score (nSPS) is 18.7. The number of hydrogen-bond acceptors (Lipinski definition) is 4. The smallest absolute Gasteiger partial charge is 0.223 e. The summed E-state index contributed by atoms with van der Waals surface area (Å²) in [7, 11) is 0. The minimum Gasteiger partial charge on any atom is -0.337 e. The lowest BCUT2D eigenvalue weighted by atomic mass is 10.1. The maximum Gasteiger partial charge on any atom is 0.223 e. The number of rotatable bonds is 3. The van der Waals surface area contributed by atoms with E-state index < -0.39 is 0 Å². The lowest BCUT2D eigenvalue weighted by Gasteiger charge is -2.34. The second-order valence-electron chi connectivity index (χ2n) is 4.12. The largest absolute Gasteiger partial charge is 0.337 e. The first kappa shape index (κ1) is 17.6. The minimum atomic E-state index is 0. The summed E-state index contributed by atoms with van der Waals surface area (Å²) in [5.41, 5.74) is 2.84. The van der Waals surface area contributed by atoms with E-state index in [-0.39, 0.29) is 30.7 Å². The zero-order valence-corrected chi connectivity index (χ0v) is 12.7. The number of piperazine rings is 1. The summed E-state index contributed by atoms with van der Waals surface area (Å²) >= 11 is 1.58. The van der Waals surface area contributed by atoms with E-state index >= 15 is 0 Å². The highest BCUT2D eigenvalue weighted by molar-refractivity contribution is 7.07. The molecule has 18 heavy (non-hydrogen) atoms. The number of carbonyl (C=O) groups excluding carboxylic acids is 1. The van der Waals surface area contributed by atoms with Crippen LogP contribution in [0.4, 0.5) is 0 Å². The number of amides is 1. The molecule has 0 spiro atoms. The van der Waals surface area contributed by atoms with Gasteiger partial charge in [0.2, 0.25) is 5.91 Å². The summed E-state index contributed by atoms with van der Waals surface area (Å²) in [5.74, 6) is 0.252. The van der Waals surface area contributed by atoms with Crippen LogP contribution in [0.25, 0.3) is 0 Å². The van der Waals surface area contributed by atoms with E-state index in [2.05, 4.69) is 17.2 Å². The molecule has 1 amide bonds. The van der Waals surface area contributed by atoms with Gasteiger partial charge in [-0.1, -0.05) is 0 Å². The van der Waals surface area contributed by atoms with Crippen LogP contribution in [0, 0.1) is 0 Å². The Balaban J connectivity index is 0.00000144. The molecule has 1 saturated heterocycles. The second kappa shape index (κ2) is 8.69. The first-order chi connectivity index (χ1) is 7.77. The predicted octanol–water partition coefficient (Wildman–Crippen LogP) is 1.74. The van der Waals surface area contributed by atoms with Gasteiger partial charge in [0.15, 0.2) is 0 Å². The van der Waals surface area contributed by atoms with Crippen molar-refractivity contribution in [2.45, 2.75) is 25.8 Å². The maximum atomic E-state index is 12.0. The van der Waals surface area contributed by atoms with Gasteiger partial charge in [0.1, 0.15) is 0 Å². The van der Waals surface area contributed by atoms with Crippen molar-refractivity contribution < 1.29 is 4.79 Å². The Labute approximate surface area is 124 Å². The van der Waals surface area contributed by atoms with Crippen molar-refractivity contribution in [3.05, 3.63) is 16.6 Å². The van der Waals surface area contributed by atoms with E-state index in [0.717, 1.165) is 31.7 Å². The van der Waals surface area contributed by atoms with Crippen LogP contribution in [0.5, 0.6) is 0 Å². The van der Waals surface area contributed by atoms with Gasteiger partial charge in [0.25, 0.3) is 0 Å². The molecule has 0 aliphatic carbocycles. The average Bonchev–Trinajstić information content (AvgIpc) is 2.79. The molecule has 0 radical (unpaired) electrons. The number of nitrogens with zero attached hydrogens (tertiary/aromatic N) is 2. The minimum absolute atomic E-state index is 0. The molecule has 104 valence electrons. The van der Waals surface area contributed by atoms with Gasteiger partial charge in [-0.25, -0.2) is 4.98 Å². The monoisotopic (exact) mass is 311 g/mol. The molecule has 7 heteroatoms. The molecule has 1 atom stereocenters. The molecule has 1 aliphatic heterocycles. The summed E-state index contributed by atoms with van der Waals surface area (Å²) in [6.07, 6.45) is 1.34. The van der Waals surface area contributed by atoms with Crippen molar-refractivity contribution in [2.75, 3.05) is 19.6 Å². The van der Waals surface area contributed by atoms with Gasteiger partial charge >= 0.3 is 0 Å². The molecule has 1 aromatic rings. The third-order valence-corrected chi connectivity index (χ3v) is 3.54. The van der Waals surface area contributed by atoms with Crippen molar-refractivity contribution in [3.8, 4) is 0 Å². The second-order valence-corrected chi connectivity index (χ2v) is 4.84. The zero-order valence-electron chi connectivity index (χ0n) is 10.3. The van der Waals surface area contributed by atoms with Gasteiger partial charge in [-0.05, 0) is 13.3 Å². The van der Waals surface area contributed by atoms with Gasteiger partial charge in [0, 0.05) is 37.5 Å². The third kappa shape index (κ3) is 4.72. The standard InChI is InChI=1S/C11H17N3OS.2ClH/c1-9-6-12-4-5-14(9)11(15)3-2-10-7-16-8-13-10;;/h7-9,12H,2-6H2,1H3;2*1H. The Morgan fingerprint density at radius 3 is 3.00 bits per heavy atom. The van der Waals surface area contributed by atoms with Gasteiger partial charge in [0.05, 0.1) is 11.2 Å². The molecule has 1 unspecified atom stereocenters. The van der Waals surface area contributed by atoms with Crippen LogP contribution in [0.2, 0.25) is 0 Å².